The molecular weight excluding hydrogens is 386 g/mol. The molecule has 3 unspecified atom stereocenters. The molecule has 0 aliphatic heterocycles. The third-order valence-electron chi connectivity index (χ3n) is 7.93. The minimum Gasteiger partial charge on any atom is -0.447 e. The lowest BCUT2D eigenvalue weighted by molar-refractivity contribution is 0.0254. The molecule has 1 amide bonds. The lowest BCUT2D eigenvalue weighted by Gasteiger charge is -2.55. The molecule has 1 aromatic carbocycles. The van der Waals surface area contributed by atoms with Gasteiger partial charge < -0.3 is 15.1 Å². The lowest BCUT2D eigenvalue weighted by Crippen LogP contribution is -2.53. The van der Waals surface area contributed by atoms with Gasteiger partial charge in [0.2, 0.25) is 5.89 Å². The zero-order valence-electron chi connectivity index (χ0n) is 19.7. The van der Waals surface area contributed by atoms with Crippen LogP contribution in [0.5, 0.6) is 0 Å². The topological polar surface area (TPSA) is 67.2 Å². The van der Waals surface area contributed by atoms with Gasteiger partial charge in [-0.2, -0.15) is 0 Å². The van der Waals surface area contributed by atoms with Crippen molar-refractivity contribution in [3.63, 3.8) is 0 Å². The van der Waals surface area contributed by atoms with Gasteiger partial charge in [-0.25, -0.2) is 4.98 Å². The smallest absolute Gasteiger partial charge is 0.273 e. The van der Waals surface area contributed by atoms with E-state index in [1.807, 2.05) is 7.05 Å². The number of benzene rings is 1. The number of fused-ring (bicyclic) bond motifs is 3. The number of nitrogens with zero attached hydrogens (tertiary/aromatic N) is 1. The van der Waals surface area contributed by atoms with Crippen molar-refractivity contribution in [2.45, 2.75) is 77.7 Å². The second-order valence-electron chi connectivity index (χ2n) is 10.4. The maximum absolute atomic E-state index is 12.7. The van der Waals surface area contributed by atoms with Gasteiger partial charge in [0.15, 0.2) is 5.69 Å². The number of amides is 1. The van der Waals surface area contributed by atoms with Gasteiger partial charge >= 0.3 is 0 Å². The van der Waals surface area contributed by atoms with Gasteiger partial charge in [-0.1, -0.05) is 52.3 Å². The molecular formula is C26H37N3O2. The van der Waals surface area contributed by atoms with Crippen LogP contribution in [-0.4, -0.2) is 24.5 Å². The predicted octanol–water partition coefficient (Wildman–Crippen LogP) is 4.96. The van der Waals surface area contributed by atoms with Crippen molar-refractivity contribution < 1.29 is 9.21 Å². The van der Waals surface area contributed by atoms with E-state index >= 15 is 0 Å². The van der Waals surface area contributed by atoms with Crippen molar-refractivity contribution in [2.24, 2.45) is 11.3 Å². The molecule has 1 aromatic heterocycles. The van der Waals surface area contributed by atoms with E-state index in [9.17, 15) is 4.79 Å². The minimum absolute atomic E-state index is 0.0780. The van der Waals surface area contributed by atoms with Crippen molar-refractivity contribution in [1.82, 2.24) is 15.6 Å². The molecule has 5 nitrogen and oxygen atoms in total. The number of oxazole rings is 1. The largest absolute Gasteiger partial charge is 0.447 e. The summed E-state index contributed by atoms with van der Waals surface area (Å²) in [6.45, 7) is 10.6. The number of hydrogen-bond donors (Lipinski definition) is 2. The van der Waals surface area contributed by atoms with E-state index in [4.69, 9.17) is 4.42 Å². The highest BCUT2D eigenvalue weighted by Gasteiger charge is 2.51. The van der Waals surface area contributed by atoms with Crippen LogP contribution < -0.4 is 10.6 Å². The lowest BCUT2D eigenvalue weighted by atomic mass is 9.49. The maximum atomic E-state index is 12.7. The monoisotopic (exact) mass is 423 g/mol. The van der Waals surface area contributed by atoms with Gasteiger partial charge in [-0.05, 0) is 72.1 Å². The Labute approximate surface area is 186 Å². The summed E-state index contributed by atoms with van der Waals surface area (Å²) in [4.78, 5) is 17.0. The summed E-state index contributed by atoms with van der Waals surface area (Å²) >= 11 is 0. The molecule has 0 radical (unpaired) electrons. The van der Waals surface area contributed by atoms with Gasteiger partial charge in [0.25, 0.3) is 5.91 Å². The van der Waals surface area contributed by atoms with Crippen LogP contribution in [0.25, 0.3) is 0 Å². The standard InChI is InChI=1S/C26H37N3O2/c1-17(2)18-7-9-20-19(13-18)8-10-22-25(3,11-6-12-26(20,22)4)16-28-24(30)21-15-31-23(29-21)14-27-5/h7,9,13,15,17,22,27H,6,8,10-12,14,16H2,1-5H3,(H,28,30). The van der Waals surface area contributed by atoms with Gasteiger partial charge in [-0.15, -0.1) is 0 Å². The molecule has 1 fully saturated rings. The molecule has 5 heteroatoms. The fourth-order valence-electron chi connectivity index (χ4n) is 6.23. The minimum atomic E-state index is -0.141. The zero-order chi connectivity index (χ0) is 22.2. The van der Waals surface area contributed by atoms with Gasteiger partial charge in [0.05, 0.1) is 6.54 Å². The molecule has 3 atom stereocenters. The van der Waals surface area contributed by atoms with Crippen LogP contribution in [0.4, 0.5) is 0 Å². The second-order valence-corrected chi connectivity index (χ2v) is 10.4. The second kappa shape index (κ2) is 8.42. The van der Waals surface area contributed by atoms with E-state index in [0.717, 1.165) is 12.8 Å². The van der Waals surface area contributed by atoms with E-state index in [1.54, 1.807) is 5.56 Å². The highest BCUT2D eigenvalue weighted by atomic mass is 16.3. The van der Waals surface area contributed by atoms with Crippen molar-refractivity contribution in [3.05, 3.63) is 52.7 Å². The van der Waals surface area contributed by atoms with Crippen molar-refractivity contribution >= 4 is 5.91 Å². The molecule has 31 heavy (non-hydrogen) atoms. The Balaban J connectivity index is 1.52. The van der Waals surface area contributed by atoms with Crippen LogP contribution in [-0.2, 0) is 18.4 Å². The molecule has 4 rings (SSSR count). The number of carbonyl (C=O) groups excluding carboxylic acids is 1. The average Bonchev–Trinajstić information content (AvgIpc) is 3.20. The van der Waals surface area contributed by atoms with Crippen molar-refractivity contribution in [3.8, 4) is 0 Å². The summed E-state index contributed by atoms with van der Waals surface area (Å²) in [6, 6.07) is 7.18. The van der Waals surface area contributed by atoms with Crippen LogP contribution in [0.15, 0.2) is 28.9 Å². The number of aromatic nitrogens is 1. The Bertz CT molecular complexity index is 950. The third kappa shape index (κ3) is 4.05. The third-order valence-corrected chi connectivity index (χ3v) is 7.93. The maximum Gasteiger partial charge on any atom is 0.273 e. The average molecular weight is 424 g/mol. The van der Waals surface area contributed by atoms with Crippen molar-refractivity contribution in [1.29, 1.82) is 0 Å². The molecule has 1 heterocycles. The summed E-state index contributed by atoms with van der Waals surface area (Å²) in [5.41, 5.74) is 5.14. The Hall–Kier alpha value is -2.14. The predicted molar refractivity (Wildman–Crippen MR) is 123 cm³/mol. The highest BCUT2D eigenvalue weighted by Crippen LogP contribution is 2.57. The summed E-state index contributed by atoms with van der Waals surface area (Å²) in [5.74, 6) is 1.52. The van der Waals surface area contributed by atoms with E-state index < -0.39 is 0 Å². The summed E-state index contributed by atoms with van der Waals surface area (Å²) in [6.07, 6.45) is 7.35. The molecule has 168 valence electrons. The SMILES string of the molecule is CNCc1nc(C(=O)NCC2(C)CCCC3(C)c4ccc(C(C)C)cc4CCC23)co1. The van der Waals surface area contributed by atoms with Crippen LogP contribution in [0, 0.1) is 11.3 Å². The van der Waals surface area contributed by atoms with Crippen LogP contribution >= 0.6 is 0 Å². The van der Waals surface area contributed by atoms with E-state index in [0.29, 0.717) is 36.5 Å². The van der Waals surface area contributed by atoms with Crippen LogP contribution in [0.3, 0.4) is 0 Å². The van der Waals surface area contributed by atoms with Gasteiger partial charge in [0.1, 0.15) is 6.26 Å². The number of rotatable bonds is 6. The number of hydrogen-bond acceptors (Lipinski definition) is 4. The van der Waals surface area contributed by atoms with Gasteiger partial charge in [-0.3, -0.25) is 4.79 Å². The quantitative estimate of drug-likeness (QED) is 0.689. The molecule has 2 aliphatic rings. The van der Waals surface area contributed by atoms with E-state index in [2.05, 4.69) is 61.5 Å². The molecule has 1 saturated carbocycles. The Kier molecular flexibility index (Phi) is 5.99. The first-order valence-corrected chi connectivity index (χ1v) is 11.8. The normalized spacial score (nSPS) is 27.6. The van der Waals surface area contributed by atoms with Crippen LogP contribution in [0.1, 0.15) is 92.4 Å². The summed E-state index contributed by atoms with van der Waals surface area (Å²) in [7, 11) is 1.83. The zero-order valence-corrected chi connectivity index (χ0v) is 19.7. The molecule has 2 N–H and O–H groups in total. The molecule has 0 saturated heterocycles. The van der Waals surface area contributed by atoms with E-state index in [-0.39, 0.29) is 16.7 Å². The summed E-state index contributed by atoms with van der Waals surface area (Å²) in [5, 5.41) is 6.17. The molecule has 2 aliphatic carbocycles. The molecule has 0 spiro atoms. The molecule has 2 aromatic rings. The Morgan fingerprint density at radius 3 is 2.84 bits per heavy atom. The first kappa shape index (κ1) is 22.1. The molecule has 0 bridgehead atoms. The number of nitrogens with one attached hydrogen (secondary N) is 2. The fourth-order valence-corrected chi connectivity index (χ4v) is 6.23. The Morgan fingerprint density at radius 2 is 2.10 bits per heavy atom. The summed E-state index contributed by atoms with van der Waals surface area (Å²) < 4.78 is 5.38. The van der Waals surface area contributed by atoms with Crippen molar-refractivity contribution in [2.75, 3.05) is 13.6 Å². The first-order valence-electron chi connectivity index (χ1n) is 11.8. The number of aryl methyl sites for hydroxylation is 1. The first-order chi connectivity index (χ1) is 14.8. The van der Waals surface area contributed by atoms with Crippen LogP contribution in [0.2, 0.25) is 0 Å². The fraction of sp³-hybridized carbons (Fsp3) is 0.615. The van der Waals surface area contributed by atoms with E-state index in [1.165, 1.54) is 36.7 Å². The highest BCUT2D eigenvalue weighted by molar-refractivity contribution is 5.91. The Morgan fingerprint density at radius 1 is 1.29 bits per heavy atom. The number of carbonyl (C=O) groups is 1. The van der Waals surface area contributed by atoms with Gasteiger partial charge in [0, 0.05) is 6.54 Å².